The largest absolute Gasteiger partial charge is 0.385 e. The van der Waals surface area contributed by atoms with Gasteiger partial charge in [-0.3, -0.25) is 0 Å². The van der Waals surface area contributed by atoms with E-state index in [1.165, 1.54) is 0 Å². The molecule has 4 heteroatoms. The number of hydrogen-bond acceptors (Lipinski definition) is 2. The molecule has 3 nitrogen and oxygen atoms in total. The maximum absolute atomic E-state index is 5.03. The van der Waals surface area contributed by atoms with Gasteiger partial charge in [-0.15, -0.1) is 0 Å². The van der Waals surface area contributed by atoms with E-state index in [-0.39, 0.29) is 0 Å². The molecule has 0 N–H and O–H groups in total. The molecule has 15 heavy (non-hydrogen) atoms. The Morgan fingerprint density at radius 1 is 1.53 bits per heavy atom. The number of halogens is 1. The average Bonchev–Trinajstić information content (AvgIpc) is 2.61. The van der Waals surface area contributed by atoms with Crippen molar-refractivity contribution in [3.05, 3.63) is 34.8 Å². The van der Waals surface area contributed by atoms with Gasteiger partial charge in [-0.25, -0.2) is 4.98 Å². The molecular weight excluding hydrogens is 256 g/mol. The van der Waals surface area contributed by atoms with Crippen LogP contribution >= 0.6 is 15.9 Å². The van der Waals surface area contributed by atoms with Gasteiger partial charge in [0.05, 0.1) is 11.7 Å². The van der Waals surface area contributed by atoms with E-state index in [4.69, 9.17) is 4.74 Å². The minimum Gasteiger partial charge on any atom is -0.385 e. The Labute approximate surface area is 97.2 Å². The lowest BCUT2D eigenvalue weighted by Crippen LogP contribution is -1.98. The van der Waals surface area contributed by atoms with E-state index in [1.807, 2.05) is 18.5 Å². The zero-order valence-electron chi connectivity index (χ0n) is 8.61. The molecule has 0 unspecified atom stereocenters. The molecule has 2 heterocycles. The second-order valence-electron chi connectivity index (χ2n) is 3.41. The first-order chi connectivity index (χ1) is 7.31. The Morgan fingerprint density at radius 3 is 3.20 bits per heavy atom. The van der Waals surface area contributed by atoms with Crippen LogP contribution in [0.25, 0.3) is 5.52 Å². The van der Waals surface area contributed by atoms with Crippen LogP contribution in [-0.4, -0.2) is 23.1 Å². The van der Waals surface area contributed by atoms with Gasteiger partial charge in [0.15, 0.2) is 0 Å². The highest BCUT2D eigenvalue weighted by Crippen LogP contribution is 2.15. The summed E-state index contributed by atoms with van der Waals surface area (Å²) < 4.78 is 8.22. The molecule has 0 aliphatic rings. The van der Waals surface area contributed by atoms with E-state index in [0.717, 1.165) is 35.3 Å². The second-order valence-corrected chi connectivity index (χ2v) is 4.33. The first-order valence-corrected chi connectivity index (χ1v) is 5.71. The number of ether oxygens (including phenoxy) is 1. The summed E-state index contributed by atoms with van der Waals surface area (Å²) in [6, 6.07) is 4.08. The Kier molecular flexibility index (Phi) is 3.38. The van der Waals surface area contributed by atoms with Gasteiger partial charge in [-0.2, -0.15) is 0 Å². The second kappa shape index (κ2) is 4.77. The number of methoxy groups -OCH3 is 1. The van der Waals surface area contributed by atoms with Gasteiger partial charge in [-0.05, 0) is 18.6 Å². The minimum absolute atomic E-state index is 0.783. The molecular formula is C11H13BrN2O. The van der Waals surface area contributed by atoms with E-state index in [2.05, 4.69) is 31.4 Å². The maximum atomic E-state index is 5.03. The van der Waals surface area contributed by atoms with Crippen molar-refractivity contribution in [2.75, 3.05) is 13.7 Å². The molecule has 0 aliphatic carbocycles. The Hall–Kier alpha value is -0.870. The Bertz CT molecular complexity index is 453. The van der Waals surface area contributed by atoms with Crippen LogP contribution in [0.1, 0.15) is 12.2 Å². The van der Waals surface area contributed by atoms with E-state index in [0.29, 0.717) is 0 Å². The molecule has 0 aliphatic heterocycles. The summed E-state index contributed by atoms with van der Waals surface area (Å²) >= 11 is 3.44. The van der Waals surface area contributed by atoms with Gasteiger partial charge in [-0.1, -0.05) is 15.9 Å². The predicted molar refractivity (Wildman–Crippen MR) is 63.1 cm³/mol. The number of pyridine rings is 1. The topological polar surface area (TPSA) is 26.5 Å². The van der Waals surface area contributed by atoms with Crippen molar-refractivity contribution < 1.29 is 4.74 Å². The van der Waals surface area contributed by atoms with Crippen molar-refractivity contribution in [1.29, 1.82) is 0 Å². The van der Waals surface area contributed by atoms with Crippen LogP contribution < -0.4 is 0 Å². The molecule has 0 bridgehead atoms. The zero-order chi connectivity index (χ0) is 10.7. The third kappa shape index (κ3) is 2.38. The standard InChI is InChI=1S/C11H13BrN2O/c1-15-6-2-3-11-13-8-10-7-9(12)4-5-14(10)11/h4-5,7-8H,2-3,6H2,1H3. The number of imidazole rings is 1. The lowest BCUT2D eigenvalue weighted by atomic mass is 10.3. The van der Waals surface area contributed by atoms with Crippen molar-refractivity contribution in [2.24, 2.45) is 0 Å². The van der Waals surface area contributed by atoms with E-state index in [9.17, 15) is 0 Å². The first-order valence-electron chi connectivity index (χ1n) is 4.91. The van der Waals surface area contributed by atoms with Gasteiger partial charge < -0.3 is 9.14 Å². The number of fused-ring (bicyclic) bond motifs is 1. The van der Waals surface area contributed by atoms with Gasteiger partial charge >= 0.3 is 0 Å². The highest BCUT2D eigenvalue weighted by atomic mass is 79.9. The minimum atomic E-state index is 0.783. The van der Waals surface area contributed by atoms with Crippen molar-refractivity contribution in [1.82, 2.24) is 9.38 Å². The number of aromatic nitrogens is 2. The zero-order valence-corrected chi connectivity index (χ0v) is 10.2. The number of rotatable bonds is 4. The highest BCUT2D eigenvalue weighted by Gasteiger charge is 2.02. The molecule has 0 saturated heterocycles. The van der Waals surface area contributed by atoms with E-state index >= 15 is 0 Å². The third-order valence-corrected chi connectivity index (χ3v) is 2.81. The van der Waals surface area contributed by atoms with Gasteiger partial charge in [0.2, 0.25) is 0 Å². The van der Waals surface area contributed by atoms with Gasteiger partial charge in [0, 0.05) is 30.8 Å². The quantitative estimate of drug-likeness (QED) is 0.798. The van der Waals surface area contributed by atoms with Crippen molar-refractivity contribution in [3.63, 3.8) is 0 Å². The third-order valence-electron chi connectivity index (χ3n) is 2.32. The van der Waals surface area contributed by atoms with E-state index in [1.54, 1.807) is 7.11 Å². The van der Waals surface area contributed by atoms with Crippen LogP contribution in [-0.2, 0) is 11.2 Å². The van der Waals surface area contributed by atoms with Crippen LogP contribution in [0.4, 0.5) is 0 Å². The summed E-state index contributed by atoms with van der Waals surface area (Å²) in [5, 5.41) is 0. The normalized spacial score (nSPS) is 11.1. The molecule has 2 aromatic heterocycles. The first kappa shape index (κ1) is 10.6. The van der Waals surface area contributed by atoms with Crippen molar-refractivity contribution in [3.8, 4) is 0 Å². The fourth-order valence-electron chi connectivity index (χ4n) is 1.59. The fraction of sp³-hybridized carbons (Fsp3) is 0.364. The SMILES string of the molecule is COCCCc1ncc2cc(Br)ccn12. The molecule has 2 aromatic rings. The lowest BCUT2D eigenvalue weighted by Gasteiger charge is -2.01. The van der Waals surface area contributed by atoms with Crippen LogP contribution in [0.15, 0.2) is 29.0 Å². The maximum Gasteiger partial charge on any atom is 0.113 e. The molecule has 2 rings (SSSR count). The molecule has 80 valence electrons. The molecule has 0 fully saturated rings. The summed E-state index contributed by atoms with van der Waals surface area (Å²) in [6.07, 6.45) is 5.89. The summed E-state index contributed by atoms with van der Waals surface area (Å²) in [4.78, 5) is 4.39. The van der Waals surface area contributed by atoms with Crippen LogP contribution in [0.2, 0.25) is 0 Å². The molecule has 0 atom stereocenters. The predicted octanol–water partition coefficient (Wildman–Crippen LogP) is 2.68. The Balaban J connectivity index is 2.21. The van der Waals surface area contributed by atoms with Crippen molar-refractivity contribution >= 4 is 21.4 Å². The monoisotopic (exact) mass is 268 g/mol. The molecule has 0 amide bonds. The molecule has 0 saturated carbocycles. The molecule has 0 aromatic carbocycles. The summed E-state index contributed by atoms with van der Waals surface area (Å²) in [6.45, 7) is 0.783. The number of hydrogen-bond donors (Lipinski definition) is 0. The smallest absolute Gasteiger partial charge is 0.113 e. The van der Waals surface area contributed by atoms with Gasteiger partial charge in [0.1, 0.15) is 5.82 Å². The van der Waals surface area contributed by atoms with Crippen LogP contribution in [0, 0.1) is 0 Å². The fourth-order valence-corrected chi connectivity index (χ4v) is 1.94. The van der Waals surface area contributed by atoms with Crippen molar-refractivity contribution in [2.45, 2.75) is 12.8 Å². The van der Waals surface area contributed by atoms with Crippen LogP contribution in [0.5, 0.6) is 0 Å². The number of aryl methyl sites for hydroxylation is 1. The Morgan fingerprint density at radius 2 is 2.40 bits per heavy atom. The summed E-state index contributed by atoms with van der Waals surface area (Å²) in [5.41, 5.74) is 1.12. The van der Waals surface area contributed by atoms with E-state index < -0.39 is 0 Å². The number of nitrogens with zero attached hydrogens (tertiary/aromatic N) is 2. The average molecular weight is 269 g/mol. The van der Waals surface area contributed by atoms with Gasteiger partial charge in [0.25, 0.3) is 0 Å². The molecule has 0 spiro atoms. The highest BCUT2D eigenvalue weighted by molar-refractivity contribution is 9.10. The van der Waals surface area contributed by atoms with Crippen LogP contribution in [0.3, 0.4) is 0 Å². The summed E-state index contributed by atoms with van der Waals surface area (Å²) in [5.74, 6) is 1.09. The lowest BCUT2D eigenvalue weighted by molar-refractivity contribution is 0.194. The molecule has 0 radical (unpaired) electrons. The summed E-state index contributed by atoms with van der Waals surface area (Å²) in [7, 11) is 1.72.